The number of hydrogen-bond acceptors (Lipinski definition) is 16. The van der Waals surface area contributed by atoms with Gasteiger partial charge in [0.2, 0.25) is 0 Å². The average molecular weight is 743 g/mol. The van der Waals surface area contributed by atoms with Crippen LogP contribution in [0.5, 0.6) is 0 Å². The summed E-state index contributed by atoms with van der Waals surface area (Å²) >= 11 is 0. The Balaban J connectivity index is -0.000000177. The number of hydrogen-bond donors (Lipinski definition) is 12. The van der Waals surface area contributed by atoms with Gasteiger partial charge in [-0.25, -0.2) is 9.59 Å². The van der Waals surface area contributed by atoms with Crippen LogP contribution in [0.25, 0.3) is 0 Å². The van der Waals surface area contributed by atoms with Gasteiger partial charge in [-0.2, -0.15) is 0 Å². The second-order valence-electron chi connectivity index (χ2n) is 10.4. The molecule has 0 aliphatic rings. The van der Waals surface area contributed by atoms with E-state index < -0.39 is 98.4 Å². The average Bonchev–Trinajstić information content (AvgIpc) is 3.04. The number of aliphatic carboxylic acids is 4. The summed E-state index contributed by atoms with van der Waals surface area (Å²) in [4.78, 5) is 61.7. The Kier molecular flexibility index (Phi) is 36.1. The molecule has 14 N–H and O–H groups in total. The second kappa shape index (κ2) is 31.6. The van der Waals surface area contributed by atoms with E-state index in [0.29, 0.717) is 0 Å². The molecule has 0 rings (SSSR count). The summed E-state index contributed by atoms with van der Waals surface area (Å²) in [5.41, 5.74) is 8.11. The molecule has 0 saturated heterocycles. The maximum atomic E-state index is 11.0. The van der Waals surface area contributed by atoms with Gasteiger partial charge in [0, 0.05) is 24.0 Å². The van der Waals surface area contributed by atoms with Crippen LogP contribution in [0.2, 0.25) is 0 Å². The number of aliphatic hydroxyl groups excluding tert-OH is 6. The van der Waals surface area contributed by atoms with Crippen molar-refractivity contribution in [2.24, 2.45) is 22.3 Å². The van der Waals surface area contributed by atoms with Crippen molar-refractivity contribution in [1.82, 2.24) is 0 Å². The molecule has 0 spiro atoms. The molecule has 0 heterocycles. The van der Waals surface area contributed by atoms with E-state index in [0.717, 1.165) is 0 Å². The molecule has 0 aliphatic carbocycles. The molecule has 0 aromatic heterocycles. The fourth-order valence-corrected chi connectivity index (χ4v) is 2.06. The molecule has 282 valence electrons. The number of carboxylic acid groups (broad SMARTS) is 4. The van der Waals surface area contributed by atoms with Crippen LogP contribution in [0.15, 0.2) is 24.3 Å². The van der Waals surface area contributed by atoms with Crippen LogP contribution in [0.4, 0.5) is 0 Å². The number of ether oxygens (including phenoxy) is 2. The van der Waals surface area contributed by atoms with E-state index in [1.165, 1.54) is 13.8 Å². The van der Waals surface area contributed by atoms with Gasteiger partial charge < -0.3 is 72.0 Å². The number of esters is 2. The SMILES string of the molecule is C=C(C)C(=O)OCC(CO)(CO)CO.C=C(C)C(=O)OCC(CO)(CO)CO.N[C@@H](CCC(=O)O)C(=O)O.N[C@@H](CCC(=O)O)C(=O)O.[KH]. The number of carbonyl (C=O) groups excluding carboxylic acids is 2. The first kappa shape index (κ1) is 56.0. The minimum atomic E-state index is -1.18. The van der Waals surface area contributed by atoms with Gasteiger partial charge >= 0.3 is 87.2 Å². The van der Waals surface area contributed by atoms with Gasteiger partial charge in [-0.05, 0) is 26.7 Å². The van der Waals surface area contributed by atoms with Crippen molar-refractivity contribution >= 4 is 87.2 Å². The number of carbonyl (C=O) groups is 6. The van der Waals surface area contributed by atoms with Gasteiger partial charge in [-0.3, -0.25) is 19.2 Å². The number of carboxylic acids is 4. The molecule has 49 heavy (non-hydrogen) atoms. The zero-order valence-corrected chi connectivity index (χ0v) is 26.9. The van der Waals surface area contributed by atoms with E-state index in [9.17, 15) is 28.8 Å². The molecule has 21 heteroatoms. The third kappa shape index (κ3) is 30.2. The monoisotopic (exact) mass is 742 g/mol. The van der Waals surface area contributed by atoms with Crippen molar-refractivity contribution in [3.8, 4) is 0 Å². The predicted octanol–water partition coefficient (Wildman–Crippen LogP) is -3.98. The van der Waals surface area contributed by atoms with Crippen LogP contribution in [0.1, 0.15) is 39.5 Å². The Morgan fingerprint density at radius 1 is 0.571 bits per heavy atom. The molecule has 0 aromatic rings. The summed E-state index contributed by atoms with van der Waals surface area (Å²) in [6, 6.07) is -2.12. The fourth-order valence-electron chi connectivity index (χ4n) is 2.06. The Bertz CT molecular complexity index is 934. The number of nitrogens with two attached hydrogens (primary N) is 2. The van der Waals surface area contributed by atoms with Gasteiger partial charge in [-0.15, -0.1) is 0 Å². The summed E-state index contributed by atoms with van der Waals surface area (Å²) in [6.07, 6.45) is -0.448. The second-order valence-corrected chi connectivity index (χ2v) is 10.4. The summed E-state index contributed by atoms with van der Waals surface area (Å²) in [5.74, 6) is -5.61. The van der Waals surface area contributed by atoms with Gasteiger partial charge in [0.1, 0.15) is 25.3 Å². The van der Waals surface area contributed by atoms with E-state index in [2.05, 4.69) is 13.2 Å². The first-order valence-corrected chi connectivity index (χ1v) is 13.8. The summed E-state index contributed by atoms with van der Waals surface area (Å²) in [6.45, 7) is 6.52. The van der Waals surface area contributed by atoms with Crippen molar-refractivity contribution in [3.05, 3.63) is 24.3 Å². The van der Waals surface area contributed by atoms with E-state index in [1.54, 1.807) is 0 Å². The Morgan fingerprint density at radius 3 is 0.939 bits per heavy atom. The molecular formula is C28H51KN2O18. The van der Waals surface area contributed by atoms with E-state index in [-0.39, 0.29) is 101 Å². The van der Waals surface area contributed by atoms with E-state index in [1.807, 2.05) is 0 Å². The first-order chi connectivity index (χ1) is 22.1. The topological polar surface area (TPSA) is 375 Å². The van der Waals surface area contributed by atoms with Crippen molar-refractivity contribution < 1.29 is 89.3 Å². The molecule has 0 aliphatic heterocycles. The predicted molar refractivity (Wildman–Crippen MR) is 171 cm³/mol. The van der Waals surface area contributed by atoms with Gasteiger partial charge in [-0.1, -0.05) is 13.2 Å². The summed E-state index contributed by atoms with van der Waals surface area (Å²) < 4.78 is 9.45. The van der Waals surface area contributed by atoms with Crippen LogP contribution in [0.3, 0.4) is 0 Å². The van der Waals surface area contributed by atoms with Crippen LogP contribution >= 0.6 is 0 Å². The third-order valence-corrected chi connectivity index (χ3v) is 5.70. The molecule has 0 aromatic carbocycles. The van der Waals surface area contributed by atoms with Crippen molar-refractivity contribution in [2.75, 3.05) is 52.9 Å². The zero-order valence-electron chi connectivity index (χ0n) is 26.9. The van der Waals surface area contributed by atoms with Crippen molar-refractivity contribution in [2.45, 2.75) is 51.6 Å². The fraction of sp³-hybridized carbons (Fsp3) is 0.643. The van der Waals surface area contributed by atoms with Crippen molar-refractivity contribution in [1.29, 1.82) is 0 Å². The molecule has 2 atom stereocenters. The van der Waals surface area contributed by atoms with Gasteiger partial charge in [0.15, 0.2) is 0 Å². The van der Waals surface area contributed by atoms with Gasteiger partial charge in [0.25, 0.3) is 0 Å². The molecule has 0 unspecified atom stereocenters. The van der Waals surface area contributed by atoms with Crippen LogP contribution in [-0.4, -0.2) is 203 Å². The zero-order chi connectivity index (χ0) is 38.7. The molecule has 0 saturated carbocycles. The quantitative estimate of drug-likeness (QED) is 0.0321. The molecular weight excluding hydrogens is 691 g/mol. The van der Waals surface area contributed by atoms with E-state index in [4.69, 9.17) is 72.0 Å². The first-order valence-electron chi connectivity index (χ1n) is 13.8. The molecule has 0 bridgehead atoms. The maximum absolute atomic E-state index is 11.0. The standard InChI is InChI=1S/2C9H16O5.2C5H9NO4.K.H/c2*1-7(2)8(13)14-6-9(3-10,4-11)5-12;2*6-3(5(9)10)1-2-4(7)8;;/h2*10-12H,1,3-6H2,2H3;2*3H,1-2,6H2,(H,7,8)(H,9,10);;/t;;2*3-;;/m..00../s1. The minimum absolute atomic E-state index is 0. The summed E-state index contributed by atoms with van der Waals surface area (Å²) in [7, 11) is 0. The molecule has 20 nitrogen and oxygen atoms in total. The molecule has 0 amide bonds. The number of rotatable bonds is 20. The normalized spacial score (nSPS) is 11.5. The van der Waals surface area contributed by atoms with Crippen molar-refractivity contribution in [3.63, 3.8) is 0 Å². The Hall–Kier alpha value is -2.38. The Labute approximate surface area is 325 Å². The van der Waals surface area contributed by atoms with Gasteiger partial charge in [0.05, 0.1) is 50.5 Å². The summed E-state index contributed by atoms with van der Waals surface area (Å²) in [5, 5.41) is 85.9. The molecule has 0 fully saturated rings. The van der Waals surface area contributed by atoms with Crippen LogP contribution in [0, 0.1) is 10.8 Å². The number of aliphatic hydroxyl groups is 6. The van der Waals surface area contributed by atoms with Crippen LogP contribution in [-0.2, 0) is 38.2 Å². The molecule has 0 radical (unpaired) electrons. The van der Waals surface area contributed by atoms with Crippen LogP contribution < -0.4 is 11.5 Å². The third-order valence-electron chi connectivity index (χ3n) is 5.70. The van der Waals surface area contributed by atoms with E-state index >= 15 is 0 Å². The Morgan fingerprint density at radius 2 is 0.796 bits per heavy atom.